The van der Waals surface area contributed by atoms with E-state index in [9.17, 15) is 14.4 Å². The van der Waals surface area contributed by atoms with Crippen molar-refractivity contribution in [2.45, 2.75) is 71.4 Å². The summed E-state index contributed by atoms with van der Waals surface area (Å²) in [7, 11) is 0. The Hall–Kier alpha value is -3.42. The van der Waals surface area contributed by atoms with Gasteiger partial charge in [0.2, 0.25) is 0 Å². The molecule has 0 saturated heterocycles. The van der Waals surface area contributed by atoms with E-state index in [0.717, 1.165) is 5.69 Å². The maximum atomic E-state index is 13.2. The van der Waals surface area contributed by atoms with Crippen LogP contribution in [0.2, 0.25) is 0 Å². The van der Waals surface area contributed by atoms with Gasteiger partial charge in [-0.3, -0.25) is 19.1 Å². The molecule has 8 nitrogen and oxygen atoms in total. The molecule has 0 radical (unpaired) electrons. The molecule has 2 aromatic heterocycles. The number of anilines is 2. The highest BCUT2D eigenvalue weighted by molar-refractivity contribution is 6.11. The number of carbonyl (C=O) groups excluding carboxylic acids is 1. The molecular formula is C25H31N5O3. The molecule has 0 unspecified atom stereocenters. The van der Waals surface area contributed by atoms with Crippen molar-refractivity contribution in [3.05, 3.63) is 62.4 Å². The van der Waals surface area contributed by atoms with Crippen LogP contribution in [0.4, 0.5) is 11.4 Å². The molecule has 174 valence electrons. The van der Waals surface area contributed by atoms with E-state index in [4.69, 9.17) is 0 Å². The highest BCUT2D eigenvalue weighted by Crippen LogP contribution is 2.24. The second-order valence-electron chi connectivity index (χ2n) is 8.96. The fourth-order valence-corrected chi connectivity index (χ4v) is 4.39. The number of nitrogens with one attached hydrogen (secondary N) is 3. The summed E-state index contributed by atoms with van der Waals surface area (Å²) >= 11 is 0. The van der Waals surface area contributed by atoms with E-state index in [2.05, 4.69) is 20.6 Å². The summed E-state index contributed by atoms with van der Waals surface area (Å²) in [5, 5.41) is 6.58. The van der Waals surface area contributed by atoms with Gasteiger partial charge in [0.05, 0.1) is 10.9 Å². The number of hydrogen-bond acceptors (Lipinski definition) is 5. The van der Waals surface area contributed by atoms with Gasteiger partial charge < -0.3 is 10.6 Å². The van der Waals surface area contributed by atoms with E-state index in [0.29, 0.717) is 24.0 Å². The van der Waals surface area contributed by atoms with Crippen LogP contribution in [0.1, 0.15) is 74.8 Å². The van der Waals surface area contributed by atoms with E-state index in [1.807, 2.05) is 38.1 Å². The fourth-order valence-electron chi connectivity index (χ4n) is 4.39. The minimum absolute atomic E-state index is 0.0193. The first kappa shape index (κ1) is 22.8. The van der Waals surface area contributed by atoms with Crippen molar-refractivity contribution in [2.75, 3.05) is 10.6 Å². The average molecular weight is 450 g/mol. The summed E-state index contributed by atoms with van der Waals surface area (Å²) in [6.45, 7) is 6.04. The maximum absolute atomic E-state index is 13.2. The summed E-state index contributed by atoms with van der Waals surface area (Å²) in [4.78, 5) is 45.0. The number of nitrogens with zero attached hydrogens (tertiary/aromatic N) is 2. The Labute approximate surface area is 192 Å². The van der Waals surface area contributed by atoms with E-state index in [1.54, 1.807) is 13.0 Å². The zero-order valence-corrected chi connectivity index (χ0v) is 19.4. The Kier molecular flexibility index (Phi) is 6.62. The summed E-state index contributed by atoms with van der Waals surface area (Å²) < 4.78 is 1.38. The Morgan fingerprint density at radius 1 is 1.12 bits per heavy atom. The number of rotatable bonds is 6. The van der Waals surface area contributed by atoms with Crippen molar-refractivity contribution in [3.63, 3.8) is 0 Å². The molecule has 1 aliphatic carbocycles. The zero-order chi connectivity index (χ0) is 23.5. The van der Waals surface area contributed by atoms with Crippen LogP contribution in [-0.2, 0) is 6.54 Å². The van der Waals surface area contributed by atoms with Crippen LogP contribution in [0.5, 0.6) is 0 Å². The number of hydrogen-bond donors (Lipinski definition) is 3. The summed E-state index contributed by atoms with van der Waals surface area (Å²) in [5.41, 5.74) is 1.60. The Morgan fingerprint density at radius 3 is 2.42 bits per heavy atom. The van der Waals surface area contributed by atoms with Crippen LogP contribution >= 0.6 is 0 Å². The molecule has 1 amide bonds. The van der Waals surface area contributed by atoms with Crippen molar-refractivity contribution >= 4 is 28.3 Å². The number of aromatic nitrogens is 3. The lowest BCUT2D eigenvalue weighted by atomic mass is 9.95. The van der Waals surface area contributed by atoms with Gasteiger partial charge in [0, 0.05) is 29.7 Å². The van der Waals surface area contributed by atoms with E-state index >= 15 is 0 Å². The van der Waals surface area contributed by atoms with Gasteiger partial charge in [-0.25, -0.2) is 9.78 Å². The lowest BCUT2D eigenvalue weighted by molar-refractivity contribution is 0.102. The highest BCUT2D eigenvalue weighted by atomic mass is 16.2. The maximum Gasteiger partial charge on any atom is 0.329 e. The standard InChI is InChI=1S/C25H31N5O3/c1-4-30-22-21(24(32)29-25(30)33)19(14-20(28-22)15(2)3)23(31)27-18-12-10-17(11-13-18)26-16-8-6-5-7-9-16/h10-16,26H,4-9H2,1-3H3,(H,27,31)(H,29,32,33). The molecule has 33 heavy (non-hydrogen) atoms. The predicted octanol–water partition coefficient (Wildman–Crippen LogP) is 4.23. The number of aromatic amines is 1. The fraction of sp³-hybridized carbons (Fsp3) is 0.440. The molecule has 0 bridgehead atoms. The number of pyridine rings is 1. The third-order valence-corrected chi connectivity index (χ3v) is 6.24. The van der Waals surface area contributed by atoms with Crippen LogP contribution in [0.15, 0.2) is 39.9 Å². The third kappa shape index (κ3) is 4.84. The van der Waals surface area contributed by atoms with Crippen LogP contribution in [0, 0.1) is 0 Å². The SMILES string of the molecule is CCn1c(=O)[nH]c(=O)c2c(C(=O)Nc3ccc(NC4CCCCC4)cc3)cc(C(C)C)nc21. The molecule has 4 rings (SSSR count). The van der Waals surface area contributed by atoms with Crippen LogP contribution < -0.4 is 21.9 Å². The molecule has 1 aliphatic rings. The number of aryl methyl sites for hydroxylation is 1. The van der Waals surface area contributed by atoms with Gasteiger partial charge in [-0.05, 0) is 56.0 Å². The van der Waals surface area contributed by atoms with E-state index < -0.39 is 17.2 Å². The molecule has 2 heterocycles. The number of amides is 1. The second-order valence-corrected chi connectivity index (χ2v) is 8.96. The van der Waals surface area contributed by atoms with Gasteiger partial charge in [-0.15, -0.1) is 0 Å². The molecule has 1 aromatic carbocycles. The van der Waals surface area contributed by atoms with E-state index in [1.165, 1.54) is 36.7 Å². The van der Waals surface area contributed by atoms with E-state index in [-0.39, 0.29) is 22.5 Å². The normalized spacial score (nSPS) is 14.5. The largest absolute Gasteiger partial charge is 0.382 e. The minimum Gasteiger partial charge on any atom is -0.382 e. The van der Waals surface area contributed by atoms with Crippen molar-refractivity contribution in [1.82, 2.24) is 14.5 Å². The van der Waals surface area contributed by atoms with Crippen molar-refractivity contribution in [3.8, 4) is 0 Å². The molecular weight excluding hydrogens is 418 g/mol. The van der Waals surface area contributed by atoms with Gasteiger partial charge in [-0.1, -0.05) is 33.1 Å². The van der Waals surface area contributed by atoms with Gasteiger partial charge in [-0.2, -0.15) is 0 Å². The smallest absolute Gasteiger partial charge is 0.329 e. The first-order valence-electron chi connectivity index (χ1n) is 11.7. The Bertz CT molecular complexity index is 1270. The minimum atomic E-state index is -0.611. The second kappa shape index (κ2) is 9.60. The molecule has 0 atom stereocenters. The van der Waals surface area contributed by atoms with Crippen molar-refractivity contribution in [2.24, 2.45) is 0 Å². The van der Waals surface area contributed by atoms with Crippen molar-refractivity contribution in [1.29, 1.82) is 0 Å². The highest BCUT2D eigenvalue weighted by Gasteiger charge is 2.20. The molecule has 0 aliphatic heterocycles. The molecule has 1 fully saturated rings. The number of fused-ring (bicyclic) bond motifs is 1. The Morgan fingerprint density at radius 2 is 1.79 bits per heavy atom. The predicted molar refractivity (Wildman–Crippen MR) is 131 cm³/mol. The first-order valence-corrected chi connectivity index (χ1v) is 11.7. The van der Waals surface area contributed by atoms with Gasteiger partial charge in [0.25, 0.3) is 11.5 Å². The molecule has 3 aromatic rings. The quantitative estimate of drug-likeness (QED) is 0.522. The van der Waals surface area contributed by atoms with Gasteiger partial charge in [0.1, 0.15) is 0 Å². The lowest BCUT2D eigenvalue weighted by Gasteiger charge is -2.24. The van der Waals surface area contributed by atoms with Crippen LogP contribution in [-0.4, -0.2) is 26.5 Å². The van der Waals surface area contributed by atoms with Gasteiger partial charge >= 0.3 is 5.69 Å². The summed E-state index contributed by atoms with van der Waals surface area (Å²) in [6.07, 6.45) is 6.19. The zero-order valence-electron chi connectivity index (χ0n) is 19.4. The van der Waals surface area contributed by atoms with Gasteiger partial charge in [0.15, 0.2) is 5.65 Å². The molecule has 0 spiro atoms. The number of carbonyl (C=O) groups is 1. The molecule has 3 N–H and O–H groups in total. The summed E-state index contributed by atoms with van der Waals surface area (Å²) in [6, 6.07) is 9.75. The first-order chi connectivity index (χ1) is 15.9. The molecule has 8 heteroatoms. The third-order valence-electron chi connectivity index (χ3n) is 6.24. The number of H-pyrrole nitrogens is 1. The summed E-state index contributed by atoms with van der Waals surface area (Å²) in [5.74, 6) is -0.394. The van der Waals surface area contributed by atoms with Crippen molar-refractivity contribution < 1.29 is 4.79 Å². The molecule has 1 saturated carbocycles. The topological polar surface area (TPSA) is 109 Å². The van der Waals surface area contributed by atoms with Crippen LogP contribution in [0.25, 0.3) is 11.0 Å². The number of benzene rings is 1. The lowest BCUT2D eigenvalue weighted by Crippen LogP contribution is -2.32. The Balaban J connectivity index is 1.65. The monoisotopic (exact) mass is 449 g/mol. The average Bonchev–Trinajstić information content (AvgIpc) is 2.80. The van der Waals surface area contributed by atoms with Crippen LogP contribution in [0.3, 0.4) is 0 Å².